The van der Waals surface area contributed by atoms with Crippen molar-refractivity contribution in [2.75, 3.05) is 0 Å². The van der Waals surface area contributed by atoms with Crippen molar-refractivity contribution in [3.8, 4) is 0 Å². The van der Waals surface area contributed by atoms with E-state index in [9.17, 15) is 0 Å². The fourth-order valence-corrected chi connectivity index (χ4v) is 3.33. The number of hydrogen-bond donors (Lipinski definition) is 0. The van der Waals surface area contributed by atoms with Gasteiger partial charge < -0.3 is 0 Å². The molecule has 1 aromatic carbocycles. The molecule has 1 rings (SSSR count). The minimum absolute atomic E-state index is 0.774. The molecule has 21 heavy (non-hydrogen) atoms. The van der Waals surface area contributed by atoms with Gasteiger partial charge in [0.05, 0.1) is 0 Å². The summed E-state index contributed by atoms with van der Waals surface area (Å²) < 4.78 is 0. The minimum atomic E-state index is 0.774. The van der Waals surface area contributed by atoms with Crippen LogP contribution in [0.2, 0.25) is 0 Å². The molecule has 0 aromatic heterocycles. The number of benzene rings is 1. The second kappa shape index (κ2) is 11.8. The molecule has 0 saturated carbocycles. The summed E-state index contributed by atoms with van der Waals surface area (Å²) in [6, 6.07) is 8.94. The van der Waals surface area contributed by atoms with E-state index in [1.165, 1.54) is 76.2 Å². The molecule has 0 nitrogen and oxygen atoms in total. The van der Waals surface area contributed by atoms with Crippen LogP contribution in [-0.4, -0.2) is 0 Å². The van der Waals surface area contributed by atoms with E-state index in [0.29, 0.717) is 0 Å². The highest BCUT2D eigenvalue weighted by molar-refractivity contribution is 5.28. The highest BCUT2D eigenvalue weighted by Gasteiger charge is 2.10. The molecule has 0 N–H and O–H groups in total. The van der Waals surface area contributed by atoms with Crippen LogP contribution in [0, 0.1) is 6.92 Å². The van der Waals surface area contributed by atoms with Gasteiger partial charge in [0.15, 0.2) is 0 Å². The Morgan fingerprint density at radius 1 is 0.762 bits per heavy atom. The van der Waals surface area contributed by atoms with Crippen LogP contribution in [-0.2, 0) is 0 Å². The largest absolute Gasteiger partial charge is 0.0654 e. The van der Waals surface area contributed by atoms with Crippen molar-refractivity contribution in [3.05, 3.63) is 35.4 Å². The van der Waals surface area contributed by atoms with Crippen LogP contribution in [0.4, 0.5) is 0 Å². The van der Waals surface area contributed by atoms with Gasteiger partial charge in [-0.3, -0.25) is 0 Å². The molecule has 120 valence electrons. The third-order valence-electron chi connectivity index (χ3n) is 4.78. The van der Waals surface area contributed by atoms with Gasteiger partial charge in [-0.05, 0) is 36.8 Å². The zero-order chi connectivity index (χ0) is 15.3. The van der Waals surface area contributed by atoms with Crippen LogP contribution in [0.1, 0.15) is 102 Å². The van der Waals surface area contributed by atoms with Gasteiger partial charge in [-0.1, -0.05) is 95.9 Å². The lowest BCUT2D eigenvalue weighted by Gasteiger charge is -2.17. The molecule has 0 amide bonds. The summed E-state index contributed by atoms with van der Waals surface area (Å²) in [6.07, 6.45) is 15.5. The summed E-state index contributed by atoms with van der Waals surface area (Å²) in [5.41, 5.74) is 3.06. The van der Waals surface area contributed by atoms with E-state index in [0.717, 1.165) is 5.92 Å². The van der Waals surface area contributed by atoms with Gasteiger partial charge in [0.25, 0.3) is 0 Å². The molecular formula is C21H36. The molecule has 0 fully saturated rings. The molecule has 1 aromatic rings. The third kappa shape index (κ3) is 7.69. The van der Waals surface area contributed by atoms with Gasteiger partial charge in [0.1, 0.15) is 0 Å². The molecule has 1 unspecified atom stereocenters. The maximum absolute atomic E-state index is 2.34. The first kappa shape index (κ1) is 18.3. The predicted octanol–water partition coefficient (Wildman–Crippen LogP) is 7.41. The highest BCUT2D eigenvalue weighted by Crippen LogP contribution is 2.28. The standard InChI is InChI=1S/C21H36/c1-4-6-7-8-9-10-11-12-13-17-20(5-2)21-18-15-14-16-19(21)3/h14-16,18,20H,4-13,17H2,1-3H3. The first-order chi connectivity index (χ1) is 10.3. The number of rotatable bonds is 12. The van der Waals surface area contributed by atoms with Crippen molar-refractivity contribution in [1.29, 1.82) is 0 Å². The molecule has 0 bridgehead atoms. The summed E-state index contributed by atoms with van der Waals surface area (Å²) in [4.78, 5) is 0. The molecule has 1 atom stereocenters. The second-order valence-corrected chi connectivity index (χ2v) is 6.58. The van der Waals surface area contributed by atoms with Crippen molar-refractivity contribution in [2.45, 2.75) is 97.3 Å². The van der Waals surface area contributed by atoms with E-state index in [-0.39, 0.29) is 0 Å². The van der Waals surface area contributed by atoms with E-state index in [1.807, 2.05) is 0 Å². The Hall–Kier alpha value is -0.780. The Balaban J connectivity index is 2.12. The van der Waals surface area contributed by atoms with Crippen LogP contribution >= 0.6 is 0 Å². The minimum Gasteiger partial charge on any atom is -0.0654 e. The zero-order valence-corrected chi connectivity index (χ0v) is 14.7. The van der Waals surface area contributed by atoms with E-state index in [4.69, 9.17) is 0 Å². The van der Waals surface area contributed by atoms with Crippen LogP contribution in [0.5, 0.6) is 0 Å². The average molecular weight is 289 g/mol. The van der Waals surface area contributed by atoms with Gasteiger partial charge in [0, 0.05) is 0 Å². The first-order valence-corrected chi connectivity index (χ1v) is 9.35. The Labute approximate surface area is 133 Å². The van der Waals surface area contributed by atoms with Crippen molar-refractivity contribution in [1.82, 2.24) is 0 Å². The van der Waals surface area contributed by atoms with Crippen LogP contribution in [0.3, 0.4) is 0 Å². The van der Waals surface area contributed by atoms with E-state index < -0.39 is 0 Å². The molecule has 0 heteroatoms. The second-order valence-electron chi connectivity index (χ2n) is 6.58. The summed E-state index contributed by atoms with van der Waals surface area (Å²) in [5, 5.41) is 0. The van der Waals surface area contributed by atoms with Gasteiger partial charge in [-0.15, -0.1) is 0 Å². The number of aryl methyl sites for hydroxylation is 1. The fraction of sp³-hybridized carbons (Fsp3) is 0.714. The summed E-state index contributed by atoms with van der Waals surface area (Å²) in [6.45, 7) is 6.89. The van der Waals surface area contributed by atoms with Gasteiger partial charge in [0.2, 0.25) is 0 Å². The highest BCUT2D eigenvalue weighted by atomic mass is 14.2. The zero-order valence-electron chi connectivity index (χ0n) is 14.7. The average Bonchev–Trinajstić information content (AvgIpc) is 2.50. The summed E-state index contributed by atoms with van der Waals surface area (Å²) in [5.74, 6) is 0.774. The lowest BCUT2D eigenvalue weighted by Crippen LogP contribution is -2.00. The lowest BCUT2D eigenvalue weighted by molar-refractivity contribution is 0.519. The molecule has 0 aliphatic carbocycles. The molecular weight excluding hydrogens is 252 g/mol. The van der Waals surface area contributed by atoms with E-state index in [1.54, 1.807) is 5.56 Å². The topological polar surface area (TPSA) is 0 Å². The van der Waals surface area contributed by atoms with Gasteiger partial charge in [-0.2, -0.15) is 0 Å². The Morgan fingerprint density at radius 2 is 1.33 bits per heavy atom. The van der Waals surface area contributed by atoms with Crippen molar-refractivity contribution >= 4 is 0 Å². The monoisotopic (exact) mass is 288 g/mol. The normalized spacial score (nSPS) is 12.5. The van der Waals surface area contributed by atoms with E-state index in [2.05, 4.69) is 45.0 Å². The predicted molar refractivity (Wildman–Crippen MR) is 96.1 cm³/mol. The first-order valence-electron chi connectivity index (χ1n) is 9.35. The van der Waals surface area contributed by atoms with Crippen LogP contribution < -0.4 is 0 Å². The van der Waals surface area contributed by atoms with Crippen molar-refractivity contribution in [3.63, 3.8) is 0 Å². The lowest BCUT2D eigenvalue weighted by atomic mass is 9.88. The third-order valence-corrected chi connectivity index (χ3v) is 4.78. The number of unbranched alkanes of at least 4 members (excludes halogenated alkanes) is 8. The number of hydrogen-bond acceptors (Lipinski definition) is 0. The molecule has 0 aliphatic heterocycles. The molecule has 0 aliphatic rings. The molecule has 0 saturated heterocycles. The smallest absolute Gasteiger partial charge is 0.0162 e. The molecule has 0 spiro atoms. The maximum atomic E-state index is 2.34. The van der Waals surface area contributed by atoms with Crippen LogP contribution in [0.15, 0.2) is 24.3 Å². The Kier molecular flexibility index (Phi) is 10.3. The SMILES string of the molecule is CCCCCCCCCCCC(CC)c1ccccc1C. The Bertz CT molecular complexity index is 353. The van der Waals surface area contributed by atoms with Crippen molar-refractivity contribution < 1.29 is 0 Å². The summed E-state index contributed by atoms with van der Waals surface area (Å²) >= 11 is 0. The maximum Gasteiger partial charge on any atom is -0.0162 e. The molecule has 0 heterocycles. The van der Waals surface area contributed by atoms with E-state index >= 15 is 0 Å². The molecule has 0 radical (unpaired) electrons. The fourth-order valence-electron chi connectivity index (χ4n) is 3.33. The Morgan fingerprint density at radius 3 is 1.90 bits per heavy atom. The van der Waals surface area contributed by atoms with Gasteiger partial charge in [-0.25, -0.2) is 0 Å². The van der Waals surface area contributed by atoms with Gasteiger partial charge >= 0.3 is 0 Å². The van der Waals surface area contributed by atoms with Crippen molar-refractivity contribution in [2.24, 2.45) is 0 Å². The quantitative estimate of drug-likeness (QED) is 0.351. The summed E-state index contributed by atoms with van der Waals surface area (Å²) in [7, 11) is 0. The van der Waals surface area contributed by atoms with Crippen LogP contribution in [0.25, 0.3) is 0 Å².